The summed E-state index contributed by atoms with van der Waals surface area (Å²) >= 11 is 0. The van der Waals surface area contributed by atoms with Gasteiger partial charge < -0.3 is 23.7 Å². The number of hydrogen-bond acceptors (Lipinski definition) is 5. The van der Waals surface area contributed by atoms with Crippen molar-refractivity contribution in [1.29, 1.82) is 0 Å². The van der Waals surface area contributed by atoms with Gasteiger partial charge in [-0.1, -0.05) is 12.1 Å². The van der Waals surface area contributed by atoms with Crippen molar-refractivity contribution < 1.29 is 23.7 Å². The normalized spacial score (nSPS) is 22.0. The summed E-state index contributed by atoms with van der Waals surface area (Å²) in [6, 6.07) is 7.64. The Morgan fingerprint density at radius 1 is 1.38 bits per heavy atom. The standard InChI is InChI=1S/C16H22O5/c1-16(2)20-11-15(21-16)14(8-9-17)19-10-12-4-6-13(18-3)7-5-12/h4-7,9,14-15H,8,10-11H2,1-3H3/t14-,15-/m0/s1. The first-order valence-electron chi connectivity index (χ1n) is 7.04. The summed E-state index contributed by atoms with van der Waals surface area (Å²) in [5, 5.41) is 0. The van der Waals surface area contributed by atoms with Gasteiger partial charge >= 0.3 is 0 Å². The van der Waals surface area contributed by atoms with Crippen LogP contribution in [0.2, 0.25) is 0 Å². The van der Waals surface area contributed by atoms with Crippen molar-refractivity contribution in [2.24, 2.45) is 0 Å². The summed E-state index contributed by atoms with van der Waals surface area (Å²) in [5.74, 6) is 0.187. The topological polar surface area (TPSA) is 54.0 Å². The summed E-state index contributed by atoms with van der Waals surface area (Å²) in [6.45, 7) is 4.57. The molecule has 0 amide bonds. The number of ether oxygens (including phenoxy) is 4. The highest BCUT2D eigenvalue weighted by Gasteiger charge is 2.37. The van der Waals surface area contributed by atoms with Gasteiger partial charge in [-0.15, -0.1) is 0 Å². The van der Waals surface area contributed by atoms with Gasteiger partial charge in [-0.25, -0.2) is 0 Å². The Labute approximate surface area is 125 Å². The van der Waals surface area contributed by atoms with E-state index in [1.165, 1.54) is 0 Å². The molecule has 0 saturated carbocycles. The number of aldehydes is 1. The van der Waals surface area contributed by atoms with Crippen LogP contribution >= 0.6 is 0 Å². The Morgan fingerprint density at radius 3 is 2.62 bits per heavy atom. The third-order valence-electron chi connectivity index (χ3n) is 3.40. The summed E-state index contributed by atoms with van der Waals surface area (Å²) in [5.41, 5.74) is 1.02. The van der Waals surface area contributed by atoms with Gasteiger partial charge in [0.1, 0.15) is 18.1 Å². The summed E-state index contributed by atoms with van der Waals surface area (Å²) in [7, 11) is 1.63. The third kappa shape index (κ3) is 4.52. The van der Waals surface area contributed by atoms with Gasteiger partial charge in [-0.3, -0.25) is 0 Å². The quantitative estimate of drug-likeness (QED) is 0.722. The van der Waals surface area contributed by atoms with Crippen LogP contribution in [0.15, 0.2) is 24.3 Å². The van der Waals surface area contributed by atoms with Crippen LogP contribution in [-0.4, -0.2) is 38.0 Å². The molecule has 0 spiro atoms. The fraction of sp³-hybridized carbons (Fsp3) is 0.562. The molecule has 1 saturated heterocycles. The monoisotopic (exact) mass is 294 g/mol. The minimum atomic E-state index is -0.616. The average Bonchev–Trinajstić information content (AvgIpc) is 2.84. The van der Waals surface area contributed by atoms with Gasteiger partial charge in [0.2, 0.25) is 0 Å². The predicted molar refractivity (Wildman–Crippen MR) is 77.2 cm³/mol. The van der Waals surface area contributed by atoms with Crippen LogP contribution in [0.1, 0.15) is 25.8 Å². The molecule has 0 radical (unpaired) electrons. The summed E-state index contributed by atoms with van der Waals surface area (Å²) in [6.07, 6.45) is 0.628. The first-order chi connectivity index (χ1) is 10.0. The van der Waals surface area contributed by atoms with Gasteiger partial charge in [-0.2, -0.15) is 0 Å². The molecule has 0 aliphatic carbocycles. The van der Waals surface area contributed by atoms with Crippen LogP contribution in [0.5, 0.6) is 5.75 Å². The highest BCUT2D eigenvalue weighted by molar-refractivity contribution is 5.50. The maximum atomic E-state index is 10.8. The summed E-state index contributed by atoms with van der Waals surface area (Å²) in [4.78, 5) is 10.8. The van der Waals surface area contributed by atoms with Crippen molar-refractivity contribution in [2.45, 2.75) is 44.9 Å². The molecule has 21 heavy (non-hydrogen) atoms. The fourth-order valence-electron chi connectivity index (χ4n) is 2.25. The molecule has 2 rings (SSSR count). The van der Waals surface area contributed by atoms with E-state index in [4.69, 9.17) is 18.9 Å². The number of carbonyl (C=O) groups excluding carboxylic acids is 1. The van der Waals surface area contributed by atoms with Crippen molar-refractivity contribution >= 4 is 6.29 Å². The Bertz CT molecular complexity index is 454. The van der Waals surface area contributed by atoms with E-state index in [2.05, 4.69) is 0 Å². The lowest BCUT2D eigenvalue weighted by Gasteiger charge is -2.23. The molecular formula is C16H22O5. The Kier molecular flexibility index (Phi) is 5.33. The second-order valence-corrected chi connectivity index (χ2v) is 5.47. The van der Waals surface area contributed by atoms with Crippen LogP contribution in [0.4, 0.5) is 0 Å². The lowest BCUT2D eigenvalue weighted by atomic mass is 10.1. The van der Waals surface area contributed by atoms with Gasteiger partial charge in [0, 0.05) is 6.42 Å². The van der Waals surface area contributed by atoms with Crippen LogP contribution in [0.25, 0.3) is 0 Å². The molecule has 1 aliphatic heterocycles. The van der Waals surface area contributed by atoms with Crippen molar-refractivity contribution in [1.82, 2.24) is 0 Å². The molecule has 0 bridgehead atoms. The fourth-order valence-corrected chi connectivity index (χ4v) is 2.25. The van der Waals surface area contributed by atoms with E-state index < -0.39 is 5.79 Å². The van der Waals surface area contributed by atoms with Crippen molar-refractivity contribution in [3.05, 3.63) is 29.8 Å². The second kappa shape index (κ2) is 7.02. The zero-order chi connectivity index (χ0) is 15.3. The molecule has 0 N–H and O–H groups in total. The Morgan fingerprint density at radius 2 is 2.10 bits per heavy atom. The van der Waals surface area contributed by atoms with Crippen molar-refractivity contribution in [3.8, 4) is 5.75 Å². The minimum Gasteiger partial charge on any atom is -0.497 e. The van der Waals surface area contributed by atoms with E-state index in [0.29, 0.717) is 19.6 Å². The van der Waals surface area contributed by atoms with Gasteiger partial charge in [0.25, 0.3) is 0 Å². The Balaban J connectivity index is 1.91. The lowest BCUT2D eigenvalue weighted by Crippen LogP contribution is -2.33. The van der Waals surface area contributed by atoms with E-state index in [9.17, 15) is 4.79 Å². The molecule has 1 aromatic carbocycles. The molecule has 116 valence electrons. The molecule has 2 atom stereocenters. The van der Waals surface area contributed by atoms with Gasteiger partial charge in [-0.05, 0) is 31.5 Å². The predicted octanol–water partition coefficient (Wildman–Crippen LogP) is 2.32. The van der Waals surface area contributed by atoms with E-state index >= 15 is 0 Å². The number of methoxy groups -OCH3 is 1. The van der Waals surface area contributed by atoms with Crippen molar-refractivity contribution in [2.75, 3.05) is 13.7 Å². The zero-order valence-electron chi connectivity index (χ0n) is 12.7. The molecular weight excluding hydrogens is 272 g/mol. The number of benzene rings is 1. The Hall–Kier alpha value is -1.43. The summed E-state index contributed by atoms with van der Waals surface area (Å²) < 4.78 is 22.2. The molecule has 5 heteroatoms. The first kappa shape index (κ1) is 15.9. The highest BCUT2D eigenvalue weighted by Crippen LogP contribution is 2.26. The van der Waals surface area contributed by atoms with Crippen LogP contribution in [0, 0.1) is 0 Å². The third-order valence-corrected chi connectivity index (χ3v) is 3.40. The van der Waals surface area contributed by atoms with E-state index in [0.717, 1.165) is 17.6 Å². The number of rotatable bonds is 7. The maximum Gasteiger partial charge on any atom is 0.163 e. The molecule has 1 aromatic rings. The minimum absolute atomic E-state index is 0.219. The lowest BCUT2D eigenvalue weighted by molar-refractivity contribution is -0.159. The SMILES string of the molecule is COc1ccc(CO[C@@H](CC=O)[C@@H]2COC(C)(C)O2)cc1. The molecule has 1 fully saturated rings. The van der Waals surface area contributed by atoms with E-state index in [-0.39, 0.29) is 12.2 Å². The van der Waals surface area contributed by atoms with E-state index in [1.807, 2.05) is 38.1 Å². The molecule has 1 heterocycles. The van der Waals surface area contributed by atoms with Crippen LogP contribution in [0.3, 0.4) is 0 Å². The van der Waals surface area contributed by atoms with Crippen LogP contribution < -0.4 is 4.74 Å². The second-order valence-electron chi connectivity index (χ2n) is 5.47. The molecule has 5 nitrogen and oxygen atoms in total. The molecule has 0 unspecified atom stereocenters. The zero-order valence-corrected chi connectivity index (χ0v) is 12.7. The molecule has 1 aliphatic rings. The number of carbonyl (C=O) groups is 1. The van der Waals surface area contributed by atoms with Crippen molar-refractivity contribution in [3.63, 3.8) is 0 Å². The highest BCUT2D eigenvalue weighted by atomic mass is 16.7. The van der Waals surface area contributed by atoms with Gasteiger partial charge in [0.15, 0.2) is 5.79 Å². The maximum absolute atomic E-state index is 10.8. The smallest absolute Gasteiger partial charge is 0.163 e. The average molecular weight is 294 g/mol. The largest absolute Gasteiger partial charge is 0.497 e. The van der Waals surface area contributed by atoms with E-state index in [1.54, 1.807) is 7.11 Å². The van der Waals surface area contributed by atoms with Crippen LogP contribution in [-0.2, 0) is 25.6 Å². The molecule has 0 aromatic heterocycles. The number of hydrogen-bond donors (Lipinski definition) is 0. The van der Waals surface area contributed by atoms with Gasteiger partial charge in [0.05, 0.1) is 26.4 Å². The first-order valence-corrected chi connectivity index (χ1v) is 7.04.